The van der Waals surface area contributed by atoms with Crippen molar-refractivity contribution in [1.82, 2.24) is 0 Å². The molecule has 0 saturated carbocycles. The molecule has 0 aromatic rings. The van der Waals surface area contributed by atoms with Gasteiger partial charge in [0.05, 0.1) is 5.97 Å². The van der Waals surface area contributed by atoms with E-state index >= 15 is 0 Å². The molecule has 0 spiro atoms. The van der Waals surface area contributed by atoms with Crippen LogP contribution >= 0.6 is 0 Å². The van der Waals surface area contributed by atoms with E-state index in [1.165, 1.54) is 6.92 Å². The van der Waals surface area contributed by atoms with Gasteiger partial charge in [0.2, 0.25) is 0 Å². The number of carboxylic acids is 1. The molecular formula is C10H11LiO6. The minimum atomic E-state index is -1.49. The average Bonchev–Trinajstić information content (AvgIpc) is 2.20. The number of carboxylic acid groups (broad SMARTS) is 1. The zero-order valence-corrected chi connectivity index (χ0v) is 9.73. The summed E-state index contributed by atoms with van der Waals surface area (Å²) in [5.41, 5.74) is 0.239. The average molecular weight is 234 g/mol. The SMILES string of the molecule is C=C(C)C(=O)OCCOC(=O)/C=C\C(=O)[O-].[Li+]. The van der Waals surface area contributed by atoms with Crippen LogP contribution in [0.5, 0.6) is 0 Å². The minimum absolute atomic E-state index is 0. The maximum atomic E-state index is 10.8. The van der Waals surface area contributed by atoms with Gasteiger partial charge in [-0.1, -0.05) is 6.58 Å². The van der Waals surface area contributed by atoms with Gasteiger partial charge in [0.15, 0.2) is 0 Å². The molecule has 0 bridgehead atoms. The van der Waals surface area contributed by atoms with Gasteiger partial charge < -0.3 is 19.4 Å². The summed E-state index contributed by atoms with van der Waals surface area (Å²) < 4.78 is 9.11. The summed E-state index contributed by atoms with van der Waals surface area (Å²) in [6, 6.07) is 0. The third-order valence-electron chi connectivity index (χ3n) is 1.26. The summed E-state index contributed by atoms with van der Waals surface area (Å²) in [5.74, 6) is -2.93. The number of carbonyl (C=O) groups is 3. The van der Waals surface area contributed by atoms with Crippen molar-refractivity contribution >= 4 is 17.9 Å². The van der Waals surface area contributed by atoms with Crippen LogP contribution in [0.4, 0.5) is 0 Å². The van der Waals surface area contributed by atoms with Crippen molar-refractivity contribution in [1.29, 1.82) is 0 Å². The molecule has 6 nitrogen and oxygen atoms in total. The molecular weight excluding hydrogens is 223 g/mol. The van der Waals surface area contributed by atoms with Crippen LogP contribution in [0.15, 0.2) is 24.3 Å². The summed E-state index contributed by atoms with van der Waals surface area (Å²) in [7, 11) is 0. The van der Waals surface area contributed by atoms with E-state index in [0.717, 1.165) is 0 Å². The van der Waals surface area contributed by atoms with E-state index in [0.29, 0.717) is 12.2 Å². The summed E-state index contributed by atoms with van der Waals surface area (Å²) in [6.07, 6.45) is 1.25. The van der Waals surface area contributed by atoms with Gasteiger partial charge in [-0.3, -0.25) is 0 Å². The maximum absolute atomic E-state index is 10.8. The Balaban J connectivity index is 0. The molecule has 0 atom stereocenters. The van der Waals surface area contributed by atoms with Crippen molar-refractivity contribution in [2.45, 2.75) is 6.92 Å². The summed E-state index contributed by atoms with van der Waals surface area (Å²) >= 11 is 0. The summed E-state index contributed by atoms with van der Waals surface area (Å²) in [6.45, 7) is 4.56. The zero-order chi connectivity index (χ0) is 12.6. The Morgan fingerprint density at radius 3 is 2.18 bits per heavy atom. The number of ether oxygens (including phenoxy) is 2. The third kappa shape index (κ3) is 10.8. The first-order valence-corrected chi connectivity index (χ1v) is 4.32. The second-order valence-corrected chi connectivity index (χ2v) is 2.74. The molecule has 0 aromatic carbocycles. The fraction of sp³-hybridized carbons (Fsp3) is 0.300. The standard InChI is InChI=1S/C10H12O6.Li/c1-7(2)10(14)16-6-5-15-9(13)4-3-8(11)12;/h3-4H,1,5-6H2,2H3,(H,11,12);/q;+1/p-1/b4-3-;. The molecule has 0 heterocycles. The Morgan fingerprint density at radius 2 is 1.71 bits per heavy atom. The first-order valence-electron chi connectivity index (χ1n) is 4.32. The number of hydrogen-bond donors (Lipinski definition) is 0. The second kappa shape index (κ2) is 9.69. The van der Waals surface area contributed by atoms with Crippen molar-refractivity contribution in [2.75, 3.05) is 13.2 Å². The first-order chi connectivity index (χ1) is 7.43. The fourth-order valence-corrected chi connectivity index (χ4v) is 0.584. The number of esters is 2. The predicted molar refractivity (Wildman–Crippen MR) is 50.9 cm³/mol. The van der Waals surface area contributed by atoms with Gasteiger partial charge in [0.25, 0.3) is 0 Å². The Labute approximate surface area is 110 Å². The minimum Gasteiger partial charge on any atom is -0.545 e. The van der Waals surface area contributed by atoms with Gasteiger partial charge in [-0.05, 0) is 13.0 Å². The molecule has 0 aromatic heterocycles. The van der Waals surface area contributed by atoms with Crippen LogP contribution in [0.2, 0.25) is 0 Å². The smallest absolute Gasteiger partial charge is 0.545 e. The number of rotatable bonds is 6. The van der Waals surface area contributed by atoms with E-state index < -0.39 is 17.9 Å². The summed E-state index contributed by atoms with van der Waals surface area (Å²) in [5, 5.41) is 9.91. The summed E-state index contributed by atoms with van der Waals surface area (Å²) in [4.78, 5) is 31.5. The van der Waals surface area contributed by atoms with Gasteiger partial charge in [-0.15, -0.1) is 0 Å². The van der Waals surface area contributed by atoms with Crippen LogP contribution in [0, 0.1) is 0 Å². The van der Waals surface area contributed by atoms with E-state index in [1.54, 1.807) is 0 Å². The Hall–Kier alpha value is -1.51. The fourth-order valence-electron chi connectivity index (χ4n) is 0.584. The molecule has 0 aliphatic heterocycles. The van der Waals surface area contributed by atoms with E-state index in [1.807, 2.05) is 0 Å². The van der Waals surface area contributed by atoms with Crippen molar-refractivity contribution in [2.24, 2.45) is 0 Å². The normalized spacial score (nSPS) is 9.24. The number of carbonyl (C=O) groups excluding carboxylic acids is 3. The molecule has 0 N–H and O–H groups in total. The van der Waals surface area contributed by atoms with Crippen LogP contribution in [0.25, 0.3) is 0 Å². The number of aliphatic carboxylic acids is 1. The van der Waals surface area contributed by atoms with E-state index in [4.69, 9.17) is 0 Å². The van der Waals surface area contributed by atoms with Crippen molar-refractivity contribution < 1.29 is 47.8 Å². The van der Waals surface area contributed by atoms with E-state index in [-0.39, 0.29) is 37.6 Å². The van der Waals surface area contributed by atoms with Crippen LogP contribution in [-0.2, 0) is 23.9 Å². The quantitative estimate of drug-likeness (QED) is 0.201. The first kappa shape index (κ1) is 17.9. The third-order valence-corrected chi connectivity index (χ3v) is 1.26. The molecule has 0 rings (SSSR count). The second-order valence-electron chi connectivity index (χ2n) is 2.74. The molecule has 17 heavy (non-hydrogen) atoms. The molecule has 88 valence electrons. The molecule has 0 amide bonds. The Kier molecular flexibility index (Phi) is 10.2. The van der Waals surface area contributed by atoms with Crippen LogP contribution in [-0.4, -0.2) is 31.1 Å². The zero-order valence-electron chi connectivity index (χ0n) is 9.73. The monoisotopic (exact) mass is 234 g/mol. The predicted octanol–water partition coefficient (Wildman–Crippen LogP) is -4.04. The molecule has 0 radical (unpaired) electrons. The van der Waals surface area contributed by atoms with Gasteiger partial charge in [-0.2, -0.15) is 0 Å². The van der Waals surface area contributed by atoms with Crippen molar-refractivity contribution in [3.05, 3.63) is 24.3 Å². The molecule has 0 aliphatic rings. The van der Waals surface area contributed by atoms with E-state index in [2.05, 4.69) is 16.1 Å². The van der Waals surface area contributed by atoms with Gasteiger partial charge >= 0.3 is 30.8 Å². The molecule has 0 saturated heterocycles. The largest absolute Gasteiger partial charge is 1.00 e. The van der Waals surface area contributed by atoms with Gasteiger partial charge in [-0.25, -0.2) is 9.59 Å². The van der Waals surface area contributed by atoms with Crippen molar-refractivity contribution in [3.8, 4) is 0 Å². The van der Waals surface area contributed by atoms with Gasteiger partial charge in [0, 0.05) is 11.6 Å². The molecule has 0 aliphatic carbocycles. The molecule has 7 heteroatoms. The van der Waals surface area contributed by atoms with Crippen LogP contribution < -0.4 is 24.0 Å². The van der Waals surface area contributed by atoms with Gasteiger partial charge in [0.1, 0.15) is 13.2 Å². The van der Waals surface area contributed by atoms with Crippen LogP contribution in [0.3, 0.4) is 0 Å². The maximum Gasteiger partial charge on any atom is 1.00 e. The van der Waals surface area contributed by atoms with Crippen LogP contribution in [0.1, 0.15) is 6.92 Å². The van der Waals surface area contributed by atoms with Crippen molar-refractivity contribution in [3.63, 3.8) is 0 Å². The number of hydrogen-bond acceptors (Lipinski definition) is 6. The topological polar surface area (TPSA) is 92.7 Å². The van der Waals surface area contributed by atoms with E-state index in [9.17, 15) is 19.5 Å². The molecule has 0 unspecified atom stereocenters. The molecule has 0 fully saturated rings. The Morgan fingerprint density at radius 1 is 1.18 bits per heavy atom. The Bertz CT molecular complexity index is 334.